The predicted octanol–water partition coefficient (Wildman–Crippen LogP) is 2.25. The minimum atomic E-state index is -1.14. The van der Waals surface area contributed by atoms with Gasteiger partial charge in [0, 0.05) is 16.2 Å². The van der Waals surface area contributed by atoms with E-state index in [0.29, 0.717) is 21.9 Å². The van der Waals surface area contributed by atoms with Crippen molar-refractivity contribution in [3.63, 3.8) is 0 Å². The Morgan fingerprint density at radius 3 is 2.83 bits per heavy atom. The monoisotopic (exact) mass is 431 g/mol. The largest absolute Gasteiger partial charge is 0.477 e. The Labute approximate surface area is 175 Å². The molecule has 1 fully saturated rings. The fourth-order valence-electron chi connectivity index (χ4n) is 3.62. The number of thioether (sulfide) groups is 1. The number of nitrogens with zero attached hydrogens (tertiary/aromatic N) is 1. The first-order valence-corrected chi connectivity index (χ1v) is 10.3. The maximum atomic E-state index is 12.7. The van der Waals surface area contributed by atoms with Crippen LogP contribution in [-0.2, 0) is 14.4 Å². The summed E-state index contributed by atoms with van der Waals surface area (Å²) in [6.45, 7) is 1.69. The molecule has 150 valence electrons. The molecular formula is C20H18ClN3O4S. The van der Waals surface area contributed by atoms with Crippen LogP contribution in [-0.4, -0.2) is 45.0 Å². The van der Waals surface area contributed by atoms with Crippen molar-refractivity contribution in [1.82, 2.24) is 10.2 Å². The summed E-state index contributed by atoms with van der Waals surface area (Å²) in [5.74, 6) is -1.60. The average molecular weight is 432 g/mol. The van der Waals surface area contributed by atoms with Crippen molar-refractivity contribution in [2.45, 2.75) is 24.4 Å². The highest BCUT2D eigenvalue weighted by Gasteiger charge is 2.53. The van der Waals surface area contributed by atoms with Crippen LogP contribution in [0.5, 0.6) is 0 Å². The zero-order valence-electron chi connectivity index (χ0n) is 15.4. The second-order valence-corrected chi connectivity index (χ2v) is 8.54. The summed E-state index contributed by atoms with van der Waals surface area (Å²) in [5, 5.41) is 13.9. The van der Waals surface area contributed by atoms with E-state index in [1.165, 1.54) is 16.7 Å². The number of hydrogen-bond donors (Lipinski definition) is 3. The Morgan fingerprint density at radius 2 is 2.10 bits per heavy atom. The van der Waals surface area contributed by atoms with Crippen LogP contribution in [0.2, 0.25) is 5.02 Å². The van der Waals surface area contributed by atoms with Crippen LogP contribution in [0, 0.1) is 0 Å². The van der Waals surface area contributed by atoms with Gasteiger partial charge >= 0.3 is 5.97 Å². The quantitative estimate of drug-likeness (QED) is 0.640. The molecule has 0 radical (unpaired) electrons. The SMILES string of the molecule is CC1=C(C(=O)O)N2C(=O)C(NC(=O)[C@H](N)c3ccc4cccc(Cl)c4c3)C2SC1. The highest BCUT2D eigenvalue weighted by molar-refractivity contribution is 8.00. The zero-order valence-corrected chi connectivity index (χ0v) is 17.0. The van der Waals surface area contributed by atoms with Gasteiger partial charge in [-0.3, -0.25) is 14.5 Å². The molecule has 2 aromatic carbocycles. The van der Waals surface area contributed by atoms with Crippen molar-refractivity contribution < 1.29 is 19.5 Å². The van der Waals surface area contributed by atoms with Gasteiger partial charge in [-0.25, -0.2) is 4.79 Å². The van der Waals surface area contributed by atoms with E-state index in [2.05, 4.69) is 5.32 Å². The number of carboxylic acids is 1. The Hall–Kier alpha value is -2.55. The lowest BCUT2D eigenvalue weighted by molar-refractivity contribution is -0.150. The first-order valence-electron chi connectivity index (χ1n) is 8.91. The Bertz CT molecular complexity index is 1090. The van der Waals surface area contributed by atoms with Crippen molar-refractivity contribution in [3.05, 3.63) is 58.3 Å². The number of fused-ring (bicyclic) bond motifs is 2. The van der Waals surface area contributed by atoms with Crippen LogP contribution in [0.25, 0.3) is 10.8 Å². The summed E-state index contributed by atoms with van der Waals surface area (Å²) in [7, 11) is 0. The topological polar surface area (TPSA) is 113 Å². The molecule has 0 bridgehead atoms. The molecule has 4 rings (SSSR count). The lowest BCUT2D eigenvalue weighted by Crippen LogP contribution is -2.71. The molecule has 0 aromatic heterocycles. The number of carboxylic acid groups (broad SMARTS) is 1. The molecule has 2 heterocycles. The minimum Gasteiger partial charge on any atom is -0.477 e. The lowest BCUT2D eigenvalue weighted by Gasteiger charge is -2.49. The maximum Gasteiger partial charge on any atom is 0.352 e. The number of aliphatic carboxylic acids is 1. The highest BCUT2D eigenvalue weighted by Crippen LogP contribution is 2.40. The number of nitrogens with two attached hydrogens (primary N) is 1. The maximum absolute atomic E-state index is 12.7. The number of amides is 2. The lowest BCUT2D eigenvalue weighted by atomic mass is 9.99. The molecule has 0 aliphatic carbocycles. The van der Waals surface area contributed by atoms with E-state index in [1.54, 1.807) is 25.1 Å². The fraction of sp³-hybridized carbons (Fsp3) is 0.250. The van der Waals surface area contributed by atoms with E-state index in [0.717, 1.165) is 10.8 Å². The second kappa shape index (κ2) is 7.37. The van der Waals surface area contributed by atoms with Gasteiger partial charge in [0.25, 0.3) is 5.91 Å². The van der Waals surface area contributed by atoms with Gasteiger partial charge in [-0.1, -0.05) is 35.9 Å². The molecule has 4 N–H and O–H groups in total. The van der Waals surface area contributed by atoms with Crippen LogP contribution in [0.1, 0.15) is 18.5 Å². The molecular weight excluding hydrogens is 414 g/mol. The van der Waals surface area contributed by atoms with Crippen LogP contribution < -0.4 is 11.1 Å². The molecule has 9 heteroatoms. The van der Waals surface area contributed by atoms with Gasteiger partial charge in [0.15, 0.2) is 0 Å². The summed E-state index contributed by atoms with van der Waals surface area (Å²) in [5.41, 5.74) is 7.33. The third-order valence-electron chi connectivity index (χ3n) is 5.15. The van der Waals surface area contributed by atoms with Crippen LogP contribution in [0.3, 0.4) is 0 Å². The molecule has 29 heavy (non-hydrogen) atoms. The second-order valence-electron chi connectivity index (χ2n) is 7.03. The molecule has 2 aromatic rings. The smallest absolute Gasteiger partial charge is 0.352 e. The molecule has 2 unspecified atom stereocenters. The van der Waals surface area contributed by atoms with E-state index in [1.807, 2.05) is 18.2 Å². The van der Waals surface area contributed by atoms with E-state index < -0.39 is 35.2 Å². The first-order chi connectivity index (χ1) is 13.8. The van der Waals surface area contributed by atoms with E-state index in [4.69, 9.17) is 17.3 Å². The van der Waals surface area contributed by atoms with Crippen molar-refractivity contribution in [2.75, 3.05) is 5.75 Å². The number of halogens is 1. The average Bonchev–Trinajstić information content (AvgIpc) is 2.70. The van der Waals surface area contributed by atoms with Crippen LogP contribution in [0.15, 0.2) is 47.7 Å². The summed E-state index contributed by atoms with van der Waals surface area (Å²) in [6, 6.07) is 9.08. The normalized spacial score (nSPS) is 22.2. The van der Waals surface area contributed by atoms with Crippen LogP contribution in [0.4, 0.5) is 0 Å². The summed E-state index contributed by atoms with van der Waals surface area (Å²) in [6.07, 6.45) is 0. The van der Waals surface area contributed by atoms with Gasteiger partial charge in [0.1, 0.15) is 23.2 Å². The van der Waals surface area contributed by atoms with Gasteiger partial charge in [-0.05, 0) is 35.6 Å². The standard InChI is InChI=1S/C20H18ClN3O4S/c1-9-8-29-19-15(18(26)24(19)16(9)20(27)28)23-17(25)14(22)11-6-5-10-3-2-4-13(21)12(10)7-11/h2-7,14-15,19H,8,22H2,1H3,(H,23,25)(H,27,28)/t14-,15?,19?/m1/s1. The number of hydrogen-bond acceptors (Lipinski definition) is 5. The predicted molar refractivity (Wildman–Crippen MR) is 111 cm³/mol. The number of carbonyl (C=O) groups is 3. The third-order valence-corrected chi connectivity index (χ3v) is 6.91. The molecule has 1 saturated heterocycles. The minimum absolute atomic E-state index is 0.00211. The van der Waals surface area contributed by atoms with Gasteiger partial charge in [-0.15, -0.1) is 11.8 Å². The van der Waals surface area contributed by atoms with Crippen molar-refractivity contribution in [1.29, 1.82) is 0 Å². The van der Waals surface area contributed by atoms with Crippen LogP contribution >= 0.6 is 23.4 Å². The molecule has 2 amide bonds. The van der Waals surface area contributed by atoms with E-state index >= 15 is 0 Å². The molecule has 3 atom stereocenters. The molecule has 0 saturated carbocycles. The molecule has 0 spiro atoms. The Morgan fingerprint density at radius 1 is 1.34 bits per heavy atom. The number of nitrogens with one attached hydrogen (secondary N) is 1. The molecule has 7 nitrogen and oxygen atoms in total. The Balaban J connectivity index is 1.51. The summed E-state index contributed by atoms with van der Waals surface area (Å²) >= 11 is 7.65. The zero-order chi connectivity index (χ0) is 20.9. The number of β-lactam (4-membered cyclic amide) rings is 1. The first kappa shape index (κ1) is 19.8. The summed E-state index contributed by atoms with van der Waals surface area (Å²) in [4.78, 5) is 37.9. The third kappa shape index (κ3) is 3.27. The number of carbonyl (C=O) groups excluding carboxylic acids is 2. The van der Waals surface area contributed by atoms with Gasteiger partial charge in [-0.2, -0.15) is 0 Å². The van der Waals surface area contributed by atoms with E-state index in [9.17, 15) is 19.5 Å². The molecule has 2 aliphatic heterocycles. The Kier molecular flexibility index (Phi) is 5.02. The summed E-state index contributed by atoms with van der Waals surface area (Å²) < 4.78 is 0. The van der Waals surface area contributed by atoms with Gasteiger partial charge < -0.3 is 16.2 Å². The van der Waals surface area contributed by atoms with Crippen molar-refractivity contribution in [2.24, 2.45) is 5.73 Å². The number of rotatable bonds is 4. The molecule has 2 aliphatic rings. The van der Waals surface area contributed by atoms with Gasteiger partial charge in [0.05, 0.1) is 0 Å². The van der Waals surface area contributed by atoms with Gasteiger partial charge in [0.2, 0.25) is 5.91 Å². The fourth-order valence-corrected chi connectivity index (χ4v) is 5.14. The van der Waals surface area contributed by atoms with Crippen molar-refractivity contribution in [3.8, 4) is 0 Å². The highest BCUT2D eigenvalue weighted by atomic mass is 35.5. The van der Waals surface area contributed by atoms with E-state index in [-0.39, 0.29) is 5.70 Å². The van der Waals surface area contributed by atoms with Crippen molar-refractivity contribution >= 4 is 51.9 Å². The number of benzene rings is 2.